The molecule has 28 heavy (non-hydrogen) atoms. The third kappa shape index (κ3) is 6.62. The standard InChI is InChI=1S/C19H28NO7P/c1-14(2)26-28(23,27-15(3)4)11-10-17-18(21)25-13-20(17)19(22)24-12-16-8-6-5-7-9-16/h5-9,14-15,17H,10-13H2,1-4H3/t17-/m0/s1. The second-order valence-electron chi connectivity index (χ2n) is 7.05. The average Bonchev–Trinajstić information content (AvgIpc) is 2.98. The molecule has 156 valence electrons. The van der Waals surface area contributed by atoms with Crippen molar-refractivity contribution in [3.63, 3.8) is 0 Å². The van der Waals surface area contributed by atoms with E-state index >= 15 is 0 Å². The van der Waals surface area contributed by atoms with E-state index in [1.807, 2.05) is 30.3 Å². The van der Waals surface area contributed by atoms with Crippen LogP contribution >= 0.6 is 7.60 Å². The van der Waals surface area contributed by atoms with Gasteiger partial charge in [0.05, 0.1) is 18.4 Å². The molecule has 1 atom stereocenters. The van der Waals surface area contributed by atoms with Crippen molar-refractivity contribution in [2.24, 2.45) is 0 Å². The van der Waals surface area contributed by atoms with Crippen molar-refractivity contribution in [3.05, 3.63) is 35.9 Å². The van der Waals surface area contributed by atoms with Crippen LogP contribution in [0.1, 0.15) is 39.7 Å². The van der Waals surface area contributed by atoms with E-state index in [1.165, 1.54) is 4.90 Å². The summed E-state index contributed by atoms with van der Waals surface area (Å²) in [4.78, 5) is 25.7. The number of ether oxygens (including phenoxy) is 2. The van der Waals surface area contributed by atoms with Gasteiger partial charge in [-0.2, -0.15) is 0 Å². The van der Waals surface area contributed by atoms with Gasteiger partial charge in [0.1, 0.15) is 12.6 Å². The molecule has 0 aromatic heterocycles. The maximum Gasteiger partial charge on any atom is 0.413 e. The Labute approximate surface area is 165 Å². The first-order valence-electron chi connectivity index (χ1n) is 9.30. The van der Waals surface area contributed by atoms with Gasteiger partial charge >= 0.3 is 19.7 Å². The number of hydrogen-bond donors (Lipinski definition) is 0. The number of esters is 1. The van der Waals surface area contributed by atoms with E-state index in [9.17, 15) is 14.2 Å². The van der Waals surface area contributed by atoms with Crippen LogP contribution in [0.3, 0.4) is 0 Å². The molecule has 0 spiro atoms. The Morgan fingerprint density at radius 2 is 1.79 bits per heavy atom. The largest absolute Gasteiger partial charge is 0.444 e. The second-order valence-corrected chi connectivity index (χ2v) is 9.14. The van der Waals surface area contributed by atoms with Crippen molar-refractivity contribution >= 4 is 19.7 Å². The molecular formula is C19H28NO7P. The fourth-order valence-corrected chi connectivity index (χ4v) is 4.86. The first-order chi connectivity index (χ1) is 13.2. The normalized spacial score (nSPS) is 17.3. The van der Waals surface area contributed by atoms with Gasteiger partial charge in [0.25, 0.3) is 0 Å². The van der Waals surface area contributed by atoms with Crippen LogP contribution in [-0.2, 0) is 34.5 Å². The maximum atomic E-state index is 13.0. The molecule has 1 aromatic rings. The molecule has 1 amide bonds. The number of nitrogens with zero attached hydrogens (tertiary/aromatic N) is 1. The van der Waals surface area contributed by atoms with Crippen molar-refractivity contribution in [1.29, 1.82) is 0 Å². The number of benzene rings is 1. The third-order valence-electron chi connectivity index (χ3n) is 3.85. The molecule has 0 bridgehead atoms. The van der Waals surface area contributed by atoms with E-state index in [4.69, 9.17) is 18.5 Å². The summed E-state index contributed by atoms with van der Waals surface area (Å²) in [5.74, 6) is -0.558. The van der Waals surface area contributed by atoms with Gasteiger partial charge in [-0.25, -0.2) is 9.59 Å². The lowest BCUT2D eigenvalue weighted by molar-refractivity contribution is -0.139. The summed E-state index contributed by atoms with van der Waals surface area (Å²) in [7, 11) is -3.42. The predicted octanol–water partition coefficient (Wildman–Crippen LogP) is 3.94. The van der Waals surface area contributed by atoms with Crippen LogP contribution in [0.4, 0.5) is 4.79 Å². The Bertz CT molecular complexity index is 693. The fraction of sp³-hybridized carbons (Fsp3) is 0.579. The minimum atomic E-state index is -3.42. The SMILES string of the molecule is CC(C)OP(=O)(CC[C@H]1C(=O)OCN1C(=O)OCc1ccccc1)OC(C)C. The molecule has 0 saturated carbocycles. The Kier molecular flexibility index (Phi) is 8.04. The fourth-order valence-electron chi connectivity index (χ4n) is 2.76. The van der Waals surface area contributed by atoms with Gasteiger partial charge in [0, 0.05) is 0 Å². The van der Waals surface area contributed by atoms with Crippen LogP contribution in [0.5, 0.6) is 0 Å². The smallest absolute Gasteiger partial charge is 0.413 e. The highest BCUT2D eigenvalue weighted by molar-refractivity contribution is 7.53. The zero-order valence-electron chi connectivity index (χ0n) is 16.7. The van der Waals surface area contributed by atoms with Crippen molar-refractivity contribution in [2.75, 3.05) is 12.9 Å². The molecule has 1 saturated heterocycles. The number of carbonyl (C=O) groups is 2. The Morgan fingerprint density at radius 3 is 2.36 bits per heavy atom. The van der Waals surface area contributed by atoms with E-state index in [0.29, 0.717) is 0 Å². The van der Waals surface area contributed by atoms with E-state index in [-0.39, 0.29) is 38.1 Å². The van der Waals surface area contributed by atoms with E-state index in [0.717, 1.165) is 5.56 Å². The van der Waals surface area contributed by atoms with E-state index in [1.54, 1.807) is 27.7 Å². The summed E-state index contributed by atoms with van der Waals surface area (Å²) >= 11 is 0. The molecule has 0 radical (unpaired) electrons. The summed E-state index contributed by atoms with van der Waals surface area (Å²) in [6.07, 6.45) is -1.18. The van der Waals surface area contributed by atoms with Crippen LogP contribution in [0.15, 0.2) is 30.3 Å². The highest BCUT2D eigenvalue weighted by Crippen LogP contribution is 2.51. The molecule has 0 unspecified atom stereocenters. The lowest BCUT2D eigenvalue weighted by Crippen LogP contribution is -2.39. The molecule has 0 N–H and O–H groups in total. The summed E-state index contributed by atoms with van der Waals surface area (Å²) < 4.78 is 34.2. The Balaban J connectivity index is 1.98. The maximum absolute atomic E-state index is 13.0. The lowest BCUT2D eigenvalue weighted by atomic mass is 10.2. The molecule has 9 heteroatoms. The molecule has 1 aromatic carbocycles. The third-order valence-corrected chi connectivity index (χ3v) is 6.14. The van der Waals surface area contributed by atoms with Gasteiger partial charge in [-0.05, 0) is 39.7 Å². The van der Waals surface area contributed by atoms with Crippen LogP contribution in [0, 0.1) is 0 Å². The molecule has 1 aliphatic rings. The van der Waals surface area contributed by atoms with Crippen LogP contribution in [0.2, 0.25) is 0 Å². The first-order valence-corrected chi connectivity index (χ1v) is 11.0. The van der Waals surface area contributed by atoms with Crippen molar-refractivity contribution in [1.82, 2.24) is 4.90 Å². The number of rotatable bonds is 9. The van der Waals surface area contributed by atoms with Crippen molar-refractivity contribution in [3.8, 4) is 0 Å². The summed E-state index contributed by atoms with van der Waals surface area (Å²) in [6.45, 7) is 6.92. The number of cyclic esters (lactones) is 1. The molecule has 1 fully saturated rings. The lowest BCUT2D eigenvalue weighted by Gasteiger charge is -2.25. The number of hydrogen-bond acceptors (Lipinski definition) is 7. The minimum absolute atomic E-state index is 0.00834. The van der Waals surface area contributed by atoms with Gasteiger partial charge in [-0.15, -0.1) is 0 Å². The van der Waals surface area contributed by atoms with Crippen LogP contribution < -0.4 is 0 Å². The summed E-state index contributed by atoms with van der Waals surface area (Å²) in [5, 5.41) is 0. The Hall–Kier alpha value is -1.89. The predicted molar refractivity (Wildman–Crippen MR) is 103 cm³/mol. The molecule has 1 aliphatic heterocycles. The minimum Gasteiger partial charge on any atom is -0.444 e. The molecule has 8 nitrogen and oxygen atoms in total. The van der Waals surface area contributed by atoms with Gasteiger partial charge in [-0.3, -0.25) is 9.46 Å². The molecule has 1 heterocycles. The highest BCUT2D eigenvalue weighted by atomic mass is 31.2. The topological polar surface area (TPSA) is 91.4 Å². The zero-order chi connectivity index (χ0) is 20.7. The van der Waals surface area contributed by atoms with E-state index < -0.39 is 25.7 Å². The van der Waals surface area contributed by atoms with E-state index in [2.05, 4.69) is 0 Å². The van der Waals surface area contributed by atoms with Crippen molar-refractivity contribution in [2.45, 2.75) is 59.0 Å². The van der Waals surface area contributed by atoms with Crippen LogP contribution in [0.25, 0.3) is 0 Å². The van der Waals surface area contributed by atoms with Crippen LogP contribution in [-0.4, -0.2) is 48.1 Å². The number of amides is 1. The molecular weight excluding hydrogens is 385 g/mol. The van der Waals surface area contributed by atoms with Crippen molar-refractivity contribution < 1.29 is 32.7 Å². The summed E-state index contributed by atoms with van der Waals surface area (Å²) in [5.41, 5.74) is 0.832. The summed E-state index contributed by atoms with van der Waals surface area (Å²) in [6, 6.07) is 8.33. The van der Waals surface area contributed by atoms with Gasteiger partial charge in [0.15, 0.2) is 6.73 Å². The molecule has 2 rings (SSSR count). The Morgan fingerprint density at radius 1 is 1.18 bits per heavy atom. The zero-order valence-corrected chi connectivity index (χ0v) is 17.6. The van der Waals surface area contributed by atoms with Gasteiger partial charge in [-0.1, -0.05) is 30.3 Å². The highest BCUT2D eigenvalue weighted by Gasteiger charge is 2.41. The van der Waals surface area contributed by atoms with Gasteiger partial charge in [0.2, 0.25) is 0 Å². The first kappa shape index (κ1) is 22.4. The quantitative estimate of drug-likeness (QED) is 0.447. The second kappa shape index (κ2) is 10.0. The molecule has 0 aliphatic carbocycles. The van der Waals surface area contributed by atoms with Gasteiger partial charge < -0.3 is 18.5 Å². The monoisotopic (exact) mass is 413 g/mol. The average molecular weight is 413 g/mol. The number of carbonyl (C=O) groups excluding carboxylic acids is 2.